The second-order valence-electron chi connectivity index (χ2n) is 35.3. The van der Waals surface area contributed by atoms with Gasteiger partial charge in [-0.15, -0.1) is 23.2 Å². The molecule has 0 bridgehead atoms. The maximum Gasteiger partial charge on any atom is 0.263 e. The molecule has 0 fully saturated rings. The Morgan fingerprint density at radius 3 is 0.587 bits per heavy atom. The summed E-state index contributed by atoms with van der Waals surface area (Å²) in [5.74, 6) is -0.225. The van der Waals surface area contributed by atoms with Crippen LogP contribution >= 0.6 is 23.2 Å². The molecule has 0 radical (unpaired) electrons. The minimum Gasteiger partial charge on any atom is -0.396 e. The van der Waals surface area contributed by atoms with Crippen LogP contribution in [-0.2, 0) is 115 Å². The highest BCUT2D eigenvalue weighted by molar-refractivity contribution is 7.92. The highest BCUT2D eigenvalue weighted by Crippen LogP contribution is 2.31. The molecule has 7 aromatic carbocycles. The number of halogens is 4. The van der Waals surface area contributed by atoms with Crippen LogP contribution in [-0.4, -0.2) is 149 Å². The summed E-state index contributed by atoms with van der Waals surface area (Å²) in [6, 6.07) is 69.2. The molecule has 14 rings (SSSR count). The molecule has 7 heterocycles. The molecule has 760 valence electrons. The standard InChI is InChI=1S/C16H20N2O2S.C15H19N3O2S.C15H18N2O3S.2C15H18N2O2S.C13H12Cl2N2O2S.C13H12F2N2O2S/c1-12-5-8-14(18-17-12)11-21(19,20)15-9-6-13(7-10-15)16(2,3)4;1-11(9-16)13-4-7-15(8-5-13)21(19,20)10-14-6-3-12(2)17-18-14;1-11(9-18)13-4-7-15(8-5-13)21(19,20)10-14-6-3-12(2)16-17-14;2*1-11(2)13-5-8-15(9-6-13)20(18,19)10-14-7-4-12(3)16-17-14;2*1-9-2-5-11(17-16-9)8-20(18,19)12-6-3-10(4-7-12)13(14)15/h5-10H,11H2,1-4H3;3-8,11H,9-10,16H2,1-2H3;3-8,11,18H,9-10H2,1-2H3;2*4-9,11H,10H2,1-3H3;2*2-7,13H,8H2,1H3. The van der Waals surface area contributed by atoms with Gasteiger partial charge in [0.1, 0.15) is 4.84 Å². The van der Waals surface area contributed by atoms with Gasteiger partial charge in [0, 0.05) is 18.1 Å². The average molecular weight is 2130 g/mol. The molecule has 2 atom stereocenters. The van der Waals surface area contributed by atoms with Crippen molar-refractivity contribution in [1.29, 1.82) is 0 Å². The summed E-state index contributed by atoms with van der Waals surface area (Å²) in [4.78, 5) is 1.03. The second kappa shape index (κ2) is 52.6. The minimum atomic E-state index is -3.62. The zero-order chi connectivity index (χ0) is 106. The van der Waals surface area contributed by atoms with E-state index in [1.54, 1.807) is 191 Å². The number of rotatable bonds is 29. The van der Waals surface area contributed by atoms with E-state index in [1.807, 2.05) is 90.1 Å². The third kappa shape index (κ3) is 37.3. The number of sulfone groups is 7. The molecule has 0 saturated carbocycles. The lowest BCUT2D eigenvalue weighted by molar-refractivity contribution is 0.151. The summed E-state index contributed by atoms with van der Waals surface area (Å²) in [5.41, 5.74) is 19.6. The fraction of sp³-hybridized carbons (Fsp3) is 0.314. The van der Waals surface area contributed by atoms with E-state index in [9.17, 15) is 67.7 Å². The van der Waals surface area contributed by atoms with Crippen molar-refractivity contribution in [3.8, 4) is 0 Å². The first-order valence-electron chi connectivity index (χ1n) is 44.8. The number of aliphatic hydroxyl groups excluding tert-OH is 1. The van der Waals surface area contributed by atoms with Gasteiger partial charge in [0.05, 0.1) is 154 Å². The number of aromatic nitrogens is 14. The van der Waals surface area contributed by atoms with Crippen LogP contribution in [0.2, 0.25) is 0 Å². The Morgan fingerprint density at radius 2 is 0.434 bits per heavy atom. The first-order valence-corrected chi connectivity index (χ1v) is 57.2. The molecule has 0 saturated heterocycles. The smallest absolute Gasteiger partial charge is 0.263 e. The van der Waals surface area contributed by atoms with Crippen molar-refractivity contribution in [3.63, 3.8) is 0 Å². The maximum absolute atomic E-state index is 12.4. The van der Waals surface area contributed by atoms with Gasteiger partial charge < -0.3 is 10.8 Å². The third-order valence-electron chi connectivity index (χ3n) is 21.5. The van der Waals surface area contributed by atoms with Gasteiger partial charge in [0.2, 0.25) is 0 Å². The molecule has 0 aliphatic carbocycles. The van der Waals surface area contributed by atoms with E-state index in [0.29, 0.717) is 84.2 Å². The fourth-order valence-electron chi connectivity index (χ4n) is 12.6. The molecule has 30 nitrogen and oxygen atoms in total. The first kappa shape index (κ1) is 116. The predicted molar refractivity (Wildman–Crippen MR) is 548 cm³/mol. The van der Waals surface area contributed by atoms with Gasteiger partial charge in [0.15, 0.2) is 68.9 Å². The lowest BCUT2D eigenvalue weighted by Crippen LogP contribution is -2.12. The monoisotopic (exact) mass is 2120 g/mol. The SMILES string of the molecule is Cc1ccc(CS(=O)(=O)c2ccc(C(C)(C)C)cc2)nn1.Cc1ccc(CS(=O)(=O)c2ccc(C(C)C)cc2)nn1.Cc1ccc(CS(=O)(=O)c2ccc(C(C)C)cc2)nn1.Cc1ccc(CS(=O)(=O)c2ccc(C(C)CN)cc2)nn1.Cc1ccc(CS(=O)(=O)c2ccc(C(C)CO)cc2)nn1.Cc1ccc(CS(=O)(=O)c2ccc(C(Cl)Cl)cc2)nn1.Cc1ccc(CS(=O)(=O)c2ccc(C(F)F)cc2)nn1. The Bertz CT molecular complexity index is 6690. The van der Waals surface area contributed by atoms with Gasteiger partial charge >= 0.3 is 0 Å². The molecule has 0 amide bonds. The molecule has 2 unspecified atom stereocenters. The number of hydrogen-bond donors (Lipinski definition) is 2. The highest BCUT2D eigenvalue weighted by Gasteiger charge is 2.26. The van der Waals surface area contributed by atoms with Gasteiger partial charge in [0.25, 0.3) is 6.43 Å². The van der Waals surface area contributed by atoms with Gasteiger partial charge in [-0.3, -0.25) is 0 Å². The van der Waals surface area contributed by atoms with Crippen molar-refractivity contribution in [2.24, 2.45) is 5.73 Å². The zero-order valence-electron chi connectivity index (χ0n) is 81.9. The Kier molecular flexibility index (Phi) is 42.8. The number of nitrogens with two attached hydrogens (primary N) is 1. The zero-order valence-corrected chi connectivity index (χ0v) is 89.2. The van der Waals surface area contributed by atoms with Crippen molar-refractivity contribution in [1.82, 2.24) is 71.4 Å². The van der Waals surface area contributed by atoms with E-state index in [4.69, 9.17) is 34.0 Å². The van der Waals surface area contributed by atoms with E-state index in [0.717, 1.165) is 74.1 Å². The molecular formula is C102H117Cl2F2N15O15S7. The maximum atomic E-state index is 12.4. The molecule has 14 aromatic rings. The van der Waals surface area contributed by atoms with E-state index >= 15 is 0 Å². The Morgan fingerprint density at radius 1 is 0.259 bits per heavy atom. The molecule has 0 aliphatic rings. The highest BCUT2D eigenvalue weighted by atomic mass is 35.5. The van der Waals surface area contributed by atoms with Crippen molar-refractivity contribution in [3.05, 3.63) is 373 Å². The molecule has 41 heteroatoms. The Labute approximate surface area is 847 Å². The lowest BCUT2D eigenvalue weighted by atomic mass is 9.87. The molecule has 0 aliphatic heterocycles. The summed E-state index contributed by atoms with van der Waals surface area (Å²) in [7, 11) is -24.1. The van der Waals surface area contributed by atoms with E-state index in [1.165, 1.54) is 24.3 Å². The van der Waals surface area contributed by atoms with E-state index < -0.39 is 80.1 Å². The summed E-state index contributed by atoms with van der Waals surface area (Å²) < 4.78 is 197. The van der Waals surface area contributed by atoms with Crippen LogP contribution in [0, 0.1) is 48.5 Å². The number of alkyl halides is 4. The van der Waals surface area contributed by atoms with Crippen LogP contribution in [0.3, 0.4) is 0 Å². The van der Waals surface area contributed by atoms with Crippen LogP contribution in [0.15, 0.2) is 289 Å². The quantitative estimate of drug-likeness (QED) is 0.0411. The lowest BCUT2D eigenvalue weighted by Gasteiger charge is -2.19. The van der Waals surface area contributed by atoms with Gasteiger partial charge in [-0.05, 0) is 281 Å². The number of hydrogen-bond acceptors (Lipinski definition) is 30. The topological polar surface area (TPSA) is 466 Å². The molecule has 143 heavy (non-hydrogen) atoms. The summed E-state index contributed by atoms with van der Waals surface area (Å²) >= 11 is 11.4. The largest absolute Gasteiger partial charge is 0.396 e. The molecule has 7 aromatic heterocycles. The first-order chi connectivity index (χ1) is 67.0. The van der Waals surface area contributed by atoms with Crippen molar-refractivity contribution in [2.75, 3.05) is 13.2 Å². The van der Waals surface area contributed by atoms with Gasteiger partial charge in [-0.1, -0.05) is 147 Å². The summed E-state index contributed by atoms with van der Waals surface area (Å²) in [6.07, 6.45) is -2.62. The Hall–Kier alpha value is -11.9. The fourth-order valence-corrected chi connectivity index (χ4v) is 21.8. The number of aryl methyl sites for hydroxylation is 7. The van der Waals surface area contributed by atoms with Crippen LogP contribution in [0.1, 0.15) is 216 Å². The van der Waals surface area contributed by atoms with Gasteiger partial charge in [-0.2, -0.15) is 71.4 Å². The van der Waals surface area contributed by atoms with Gasteiger partial charge in [-0.25, -0.2) is 67.7 Å². The summed E-state index contributed by atoms with van der Waals surface area (Å²) in [6.45, 7) is 31.6. The van der Waals surface area contributed by atoms with E-state index in [2.05, 4.69) is 120 Å². The molecular weight excluding hydrogens is 2010 g/mol. The average Bonchev–Trinajstić information content (AvgIpc) is 0.818. The molecule has 3 N–H and O–H groups in total. The van der Waals surface area contributed by atoms with Crippen LogP contribution in [0.25, 0.3) is 0 Å². The normalized spacial score (nSPS) is 12.3. The van der Waals surface area contributed by atoms with Crippen molar-refractivity contribution >= 4 is 92.1 Å². The predicted octanol–water partition coefficient (Wildman–Crippen LogP) is 18.4. The van der Waals surface area contributed by atoms with E-state index in [-0.39, 0.29) is 89.3 Å². The summed E-state index contributed by atoms with van der Waals surface area (Å²) in [5, 5.41) is 63.3. The number of nitrogens with zero attached hydrogens (tertiary/aromatic N) is 14. The number of benzene rings is 7. The molecule has 0 spiro atoms. The van der Waals surface area contributed by atoms with Crippen molar-refractivity contribution in [2.45, 2.75) is 226 Å². The van der Waals surface area contributed by atoms with Crippen LogP contribution < -0.4 is 5.73 Å². The van der Waals surface area contributed by atoms with Crippen LogP contribution in [0.5, 0.6) is 0 Å². The van der Waals surface area contributed by atoms with Crippen molar-refractivity contribution < 1.29 is 72.8 Å². The Balaban J connectivity index is 0.000000204. The second-order valence-corrected chi connectivity index (χ2v) is 50.3. The third-order valence-corrected chi connectivity index (χ3v) is 33.6. The number of aliphatic hydroxyl groups is 1. The minimum absolute atomic E-state index is 0.00469. The van der Waals surface area contributed by atoms with Crippen LogP contribution in [0.4, 0.5) is 8.78 Å².